The molecular formula is C34H38FN8O7S3+. The fourth-order valence-corrected chi connectivity index (χ4v) is 9.53. The summed E-state index contributed by atoms with van der Waals surface area (Å²) in [5.74, 6) is -3.92. The highest BCUT2D eigenvalue weighted by Gasteiger charge is 2.54. The van der Waals surface area contributed by atoms with E-state index >= 15 is 4.39 Å². The van der Waals surface area contributed by atoms with Crippen LogP contribution in [0.5, 0.6) is 0 Å². The number of halogens is 1. The van der Waals surface area contributed by atoms with Crippen LogP contribution in [0.15, 0.2) is 51.1 Å². The number of amides is 2. The first-order valence-electron chi connectivity index (χ1n) is 16.9. The average Bonchev–Trinajstić information content (AvgIpc) is 3.88. The van der Waals surface area contributed by atoms with Gasteiger partial charge in [0.25, 0.3) is 11.8 Å². The molecular weight excluding hydrogens is 748 g/mol. The molecule has 3 atom stereocenters. The van der Waals surface area contributed by atoms with E-state index in [1.165, 1.54) is 47.7 Å². The summed E-state index contributed by atoms with van der Waals surface area (Å²) in [6, 6.07) is 4.83. The Morgan fingerprint density at radius 3 is 2.72 bits per heavy atom. The fourth-order valence-electron chi connectivity index (χ4n) is 6.46. The summed E-state index contributed by atoms with van der Waals surface area (Å²) in [5, 5.41) is 31.0. The first-order valence-corrected chi connectivity index (χ1v) is 19.9. The molecule has 0 bridgehead atoms. The standard InChI is InChI=1S/C34H37FN8O7S3/c1-16-12-37-7-9-41(16)23-11-22-19(10-20(23)35)24(6-8-42(22)18-4-5-18)51-13-17-14-52-30-26(29(45)43(30)27(17)31(46)47)39-28(44)25(21-15-53-33(36)38-21)40-50-34(2,3)32(48)49/h6,8,10-11,15-16,18,26,30,37H,4-5,7,9,12-14H2,1-3H3,(H4-,36,38,39,44,46,47,48,49)/p+1/t16?,26?,30-/m0/s1. The Morgan fingerprint density at radius 2 is 2.06 bits per heavy atom. The summed E-state index contributed by atoms with van der Waals surface area (Å²) in [4.78, 5) is 64.4. The molecule has 2 saturated heterocycles. The van der Waals surface area contributed by atoms with Crippen LogP contribution in [0.3, 0.4) is 0 Å². The number of carboxylic acid groups (broad SMARTS) is 2. The van der Waals surface area contributed by atoms with Gasteiger partial charge < -0.3 is 36.3 Å². The number of nitrogens with zero attached hydrogens (tertiary/aromatic N) is 5. The number of nitrogen functional groups attached to an aromatic ring is 1. The summed E-state index contributed by atoms with van der Waals surface area (Å²) in [6.45, 7) is 6.80. The molecule has 4 aliphatic rings. The molecule has 2 amide bonds. The highest BCUT2D eigenvalue weighted by atomic mass is 32.2. The number of aliphatic carboxylic acids is 2. The number of thiazole rings is 1. The number of oxime groups is 1. The fraction of sp³-hybridized carbons (Fsp3) is 0.441. The van der Waals surface area contributed by atoms with Gasteiger partial charge >= 0.3 is 11.9 Å². The van der Waals surface area contributed by atoms with Gasteiger partial charge in [-0.1, -0.05) is 5.16 Å². The van der Waals surface area contributed by atoms with Gasteiger partial charge in [-0.15, -0.1) is 34.9 Å². The molecule has 15 nitrogen and oxygen atoms in total. The molecule has 5 heterocycles. The molecule has 7 rings (SSSR count). The van der Waals surface area contributed by atoms with Gasteiger partial charge in [-0.25, -0.2) is 19.0 Å². The number of rotatable bonds is 12. The number of hydrogen-bond donors (Lipinski definition) is 5. The largest absolute Gasteiger partial charge is 0.478 e. The number of carboxylic acids is 2. The maximum absolute atomic E-state index is 15.8. The third kappa shape index (κ3) is 7.14. The summed E-state index contributed by atoms with van der Waals surface area (Å²) in [6.07, 6.45) is 4.11. The van der Waals surface area contributed by atoms with Gasteiger partial charge in [0.05, 0.1) is 11.1 Å². The second kappa shape index (κ2) is 14.4. The van der Waals surface area contributed by atoms with Crippen molar-refractivity contribution in [2.45, 2.75) is 67.6 Å². The van der Waals surface area contributed by atoms with Crippen molar-refractivity contribution in [2.24, 2.45) is 5.16 Å². The van der Waals surface area contributed by atoms with E-state index in [1.54, 1.807) is 6.07 Å². The van der Waals surface area contributed by atoms with Crippen molar-refractivity contribution in [1.82, 2.24) is 20.5 Å². The van der Waals surface area contributed by atoms with Crippen molar-refractivity contribution in [3.8, 4) is 0 Å². The molecule has 1 saturated carbocycles. The molecule has 280 valence electrons. The quantitative estimate of drug-likeness (QED) is 0.0590. The number of carbonyl (C=O) groups is 4. The normalized spacial score (nSPS) is 22.1. The zero-order chi connectivity index (χ0) is 37.8. The Labute approximate surface area is 315 Å². The maximum Gasteiger partial charge on any atom is 0.352 e. The molecule has 53 heavy (non-hydrogen) atoms. The topological polar surface area (TPSA) is 204 Å². The van der Waals surface area contributed by atoms with Crippen molar-refractivity contribution in [2.75, 3.05) is 41.8 Å². The summed E-state index contributed by atoms with van der Waals surface area (Å²) < 4.78 is 18.0. The molecule has 3 aromatic rings. The molecule has 2 aromatic heterocycles. The lowest BCUT2D eigenvalue weighted by Crippen LogP contribution is -2.71. The van der Waals surface area contributed by atoms with Gasteiger partial charge in [0, 0.05) is 72.4 Å². The number of β-lactam (4-membered cyclic amide) rings is 1. The van der Waals surface area contributed by atoms with Gasteiger partial charge in [-0.2, -0.15) is 4.57 Å². The van der Waals surface area contributed by atoms with Crippen molar-refractivity contribution in [3.05, 3.63) is 52.6 Å². The van der Waals surface area contributed by atoms with Gasteiger partial charge in [0.1, 0.15) is 28.6 Å². The summed E-state index contributed by atoms with van der Waals surface area (Å²) in [7, 11) is 0. The van der Waals surface area contributed by atoms with E-state index in [1.807, 2.05) is 18.3 Å². The molecule has 0 radical (unpaired) electrons. The number of hydrogen-bond acceptors (Lipinski definition) is 13. The summed E-state index contributed by atoms with van der Waals surface area (Å²) in [5.41, 5.74) is 5.43. The van der Waals surface area contributed by atoms with Crippen LogP contribution < -0.4 is 25.8 Å². The Morgan fingerprint density at radius 1 is 1.28 bits per heavy atom. The van der Waals surface area contributed by atoms with Crippen LogP contribution in [0, 0.1) is 5.82 Å². The zero-order valence-electron chi connectivity index (χ0n) is 29.0. The minimum atomic E-state index is -1.78. The van der Waals surface area contributed by atoms with Crippen molar-refractivity contribution < 1.29 is 43.2 Å². The first kappa shape index (κ1) is 36.9. The van der Waals surface area contributed by atoms with Crippen LogP contribution in [0.4, 0.5) is 15.2 Å². The second-order valence-corrected chi connectivity index (χ2v) is 16.7. The van der Waals surface area contributed by atoms with Crippen LogP contribution in [0.25, 0.3) is 10.9 Å². The van der Waals surface area contributed by atoms with Gasteiger partial charge in [0.2, 0.25) is 11.1 Å². The van der Waals surface area contributed by atoms with Crippen LogP contribution in [-0.4, -0.2) is 104 Å². The van der Waals surface area contributed by atoms with Crippen LogP contribution >= 0.6 is 34.9 Å². The average molecular weight is 786 g/mol. The number of pyridine rings is 1. The number of piperazine rings is 1. The summed E-state index contributed by atoms with van der Waals surface area (Å²) >= 11 is 3.71. The molecule has 3 fully saturated rings. The molecule has 2 unspecified atom stereocenters. The molecule has 6 N–H and O–H groups in total. The number of nitrogens with two attached hydrogens (primary N) is 1. The lowest BCUT2D eigenvalue weighted by atomic mass is 10.0. The highest BCUT2D eigenvalue weighted by molar-refractivity contribution is 8.01. The molecule has 3 aliphatic heterocycles. The smallest absolute Gasteiger partial charge is 0.352 e. The number of anilines is 2. The third-order valence-corrected chi connectivity index (χ3v) is 12.7. The SMILES string of the molecule is CC1CNCCN1c1cc2c(cc1F)c(SCC1=C(C(=O)O)N3C(=O)C(NC(=O)C(=NOC(C)(C)C(=O)O)c4csc(N)n4)[C@@H]3SC1)cc[n+]2C1CC1. The second-order valence-electron chi connectivity index (χ2n) is 13.7. The Bertz CT molecular complexity index is 2090. The van der Waals surface area contributed by atoms with Gasteiger partial charge in [0.15, 0.2) is 23.1 Å². The van der Waals surface area contributed by atoms with Crippen molar-refractivity contribution >= 4 is 86.0 Å². The Balaban J connectivity index is 1.11. The van der Waals surface area contributed by atoms with E-state index < -0.39 is 46.5 Å². The van der Waals surface area contributed by atoms with Crippen molar-refractivity contribution in [3.63, 3.8) is 0 Å². The van der Waals surface area contributed by atoms with Crippen molar-refractivity contribution in [1.29, 1.82) is 0 Å². The van der Waals surface area contributed by atoms with Gasteiger partial charge in [-0.3, -0.25) is 14.5 Å². The number of thioether (sulfide) groups is 2. The van der Waals surface area contributed by atoms with Crippen LogP contribution in [0.2, 0.25) is 0 Å². The zero-order valence-corrected chi connectivity index (χ0v) is 31.4. The van der Waals surface area contributed by atoms with E-state index in [9.17, 15) is 29.4 Å². The number of aromatic nitrogens is 2. The first-order chi connectivity index (χ1) is 25.2. The molecule has 0 spiro atoms. The highest BCUT2D eigenvalue weighted by Crippen LogP contribution is 2.43. The molecule has 19 heteroatoms. The Kier molecular flexibility index (Phi) is 10.0. The predicted molar refractivity (Wildman–Crippen MR) is 198 cm³/mol. The monoisotopic (exact) mass is 785 g/mol. The minimum Gasteiger partial charge on any atom is -0.478 e. The van der Waals surface area contributed by atoms with E-state index in [0.29, 0.717) is 23.8 Å². The third-order valence-electron chi connectivity index (χ3n) is 9.54. The maximum atomic E-state index is 15.8. The van der Waals surface area contributed by atoms with Gasteiger partial charge in [-0.05, 0) is 32.4 Å². The van der Waals surface area contributed by atoms with E-state index in [4.69, 9.17) is 10.6 Å². The number of carbonyl (C=O) groups excluding carboxylic acids is 2. The van der Waals surface area contributed by atoms with Crippen LogP contribution in [-0.2, 0) is 24.0 Å². The lowest BCUT2D eigenvalue weighted by Gasteiger charge is -2.49. The predicted octanol–water partition coefficient (Wildman–Crippen LogP) is 2.55. The van der Waals surface area contributed by atoms with E-state index in [0.717, 1.165) is 53.1 Å². The van der Waals surface area contributed by atoms with E-state index in [-0.39, 0.29) is 39.9 Å². The lowest BCUT2D eigenvalue weighted by molar-refractivity contribution is -0.675. The number of nitrogens with one attached hydrogen (secondary N) is 2. The molecule has 1 aliphatic carbocycles. The Hall–Kier alpha value is -4.46. The number of fused-ring (bicyclic) bond motifs is 2. The van der Waals surface area contributed by atoms with Crippen LogP contribution in [0.1, 0.15) is 45.3 Å². The number of benzene rings is 1. The molecule has 1 aromatic carbocycles. The van der Waals surface area contributed by atoms with E-state index in [2.05, 4.69) is 37.2 Å². The minimum absolute atomic E-state index is 0.0158.